The third-order valence-electron chi connectivity index (χ3n) is 3.32. The van der Waals surface area contributed by atoms with Crippen LogP contribution >= 0.6 is 0 Å². The van der Waals surface area contributed by atoms with Gasteiger partial charge in [-0.25, -0.2) is 4.90 Å². The average molecular weight is 338 g/mol. The Bertz CT molecular complexity index is 283. The van der Waals surface area contributed by atoms with Crippen molar-refractivity contribution in [2.24, 2.45) is 0 Å². The molecule has 1 unspecified atom stereocenters. The highest BCUT2D eigenvalue weighted by atomic mass is 28.4. The molecule has 0 saturated carbocycles. The zero-order valence-corrected chi connectivity index (χ0v) is 16.5. The summed E-state index contributed by atoms with van der Waals surface area (Å²) in [7, 11) is -3.10. The van der Waals surface area contributed by atoms with Crippen LogP contribution in [0.5, 0.6) is 0 Å². The van der Waals surface area contributed by atoms with Gasteiger partial charge in [-0.05, 0) is 54.9 Å². The standard InChI is InChI=1S/C15H35NO5Si/c1-9-13(16(14(5,6)17)15(7,8)18)22(19-10-2,20-11-3)21-12-4/h13,17-18H,9-12H2,1-8H3. The molecule has 0 aliphatic heterocycles. The van der Waals surface area contributed by atoms with Gasteiger partial charge < -0.3 is 23.5 Å². The molecule has 6 nitrogen and oxygen atoms in total. The van der Waals surface area contributed by atoms with Gasteiger partial charge in [0.15, 0.2) is 0 Å². The van der Waals surface area contributed by atoms with Crippen LogP contribution in [0.15, 0.2) is 0 Å². The minimum atomic E-state index is -3.10. The lowest BCUT2D eigenvalue weighted by Gasteiger charge is -2.50. The van der Waals surface area contributed by atoms with Crippen molar-refractivity contribution in [3.8, 4) is 0 Å². The molecular weight excluding hydrogens is 302 g/mol. The van der Waals surface area contributed by atoms with Crippen molar-refractivity contribution in [3.63, 3.8) is 0 Å². The van der Waals surface area contributed by atoms with E-state index in [1.165, 1.54) is 0 Å². The Morgan fingerprint density at radius 1 is 0.818 bits per heavy atom. The minimum Gasteiger partial charge on any atom is -0.376 e. The zero-order chi connectivity index (χ0) is 17.6. The zero-order valence-electron chi connectivity index (χ0n) is 15.5. The summed E-state index contributed by atoms with van der Waals surface area (Å²) in [5.41, 5.74) is -2.85. The molecule has 0 rings (SSSR count). The maximum Gasteiger partial charge on any atom is 0.519 e. The van der Waals surface area contributed by atoms with Gasteiger partial charge >= 0.3 is 8.80 Å². The normalized spacial score (nSPS) is 15.4. The van der Waals surface area contributed by atoms with E-state index in [-0.39, 0.29) is 5.67 Å². The Morgan fingerprint density at radius 2 is 1.14 bits per heavy atom. The molecule has 0 aliphatic rings. The van der Waals surface area contributed by atoms with Gasteiger partial charge in [0.05, 0.1) is 5.67 Å². The van der Waals surface area contributed by atoms with Crippen molar-refractivity contribution in [2.45, 2.75) is 78.9 Å². The number of hydrogen-bond donors (Lipinski definition) is 2. The van der Waals surface area contributed by atoms with Crippen LogP contribution < -0.4 is 0 Å². The Balaban J connectivity index is 5.96. The Kier molecular flexibility index (Phi) is 8.71. The summed E-state index contributed by atoms with van der Waals surface area (Å²) >= 11 is 0. The summed E-state index contributed by atoms with van der Waals surface area (Å²) in [5, 5.41) is 21.2. The van der Waals surface area contributed by atoms with E-state index in [1.807, 2.05) is 27.7 Å². The fourth-order valence-electron chi connectivity index (χ4n) is 3.04. The van der Waals surface area contributed by atoms with E-state index in [9.17, 15) is 10.2 Å². The SMILES string of the molecule is CCO[Si](OCC)(OCC)C(CC)N(C(C)(C)O)C(C)(C)O. The molecule has 0 bridgehead atoms. The van der Waals surface area contributed by atoms with Gasteiger partial charge in [-0.2, -0.15) is 0 Å². The van der Waals surface area contributed by atoms with Gasteiger partial charge in [-0.3, -0.25) is 0 Å². The third-order valence-corrected chi connectivity index (χ3v) is 6.88. The average Bonchev–Trinajstić information content (AvgIpc) is 2.33. The van der Waals surface area contributed by atoms with Crippen LogP contribution in [0.2, 0.25) is 0 Å². The Hall–Kier alpha value is -0.0231. The molecular formula is C15H35NO5Si. The Morgan fingerprint density at radius 3 is 1.32 bits per heavy atom. The second kappa shape index (κ2) is 8.72. The van der Waals surface area contributed by atoms with Crippen molar-refractivity contribution in [2.75, 3.05) is 19.8 Å². The van der Waals surface area contributed by atoms with Crippen LogP contribution in [-0.4, -0.2) is 60.9 Å². The van der Waals surface area contributed by atoms with Gasteiger partial charge in [0.1, 0.15) is 11.4 Å². The fraction of sp³-hybridized carbons (Fsp3) is 1.00. The van der Waals surface area contributed by atoms with Crippen molar-refractivity contribution in [1.82, 2.24) is 4.90 Å². The first-order valence-electron chi connectivity index (χ1n) is 8.16. The highest BCUT2D eigenvalue weighted by Crippen LogP contribution is 2.32. The summed E-state index contributed by atoms with van der Waals surface area (Å²) in [5.74, 6) is 0. The first kappa shape index (κ1) is 22.0. The minimum absolute atomic E-state index is 0.354. The van der Waals surface area contributed by atoms with Crippen molar-refractivity contribution in [3.05, 3.63) is 0 Å². The number of hydrogen-bond acceptors (Lipinski definition) is 6. The molecule has 0 radical (unpaired) electrons. The van der Waals surface area contributed by atoms with E-state index in [0.717, 1.165) is 0 Å². The van der Waals surface area contributed by atoms with Gasteiger partial charge in [0, 0.05) is 19.8 Å². The lowest BCUT2D eigenvalue weighted by molar-refractivity contribution is -0.217. The lowest BCUT2D eigenvalue weighted by Crippen LogP contribution is -2.71. The largest absolute Gasteiger partial charge is 0.519 e. The highest BCUT2D eigenvalue weighted by Gasteiger charge is 2.56. The number of aliphatic hydroxyl groups is 2. The molecule has 0 aromatic rings. The summed E-state index contributed by atoms with van der Waals surface area (Å²) in [6.45, 7) is 15.6. The van der Waals surface area contributed by atoms with Crippen LogP contribution in [-0.2, 0) is 13.3 Å². The summed E-state index contributed by atoms with van der Waals surface area (Å²) in [6, 6.07) is 0. The van der Waals surface area contributed by atoms with Crippen molar-refractivity contribution in [1.29, 1.82) is 0 Å². The first-order chi connectivity index (χ1) is 10.00. The number of rotatable bonds is 11. The van der Waals surface area contributed by atoms with Gasteiger partial charge in [-0.15, -0.1) is 0 Å². The molecule has 0 spiro atoms. The third kappa shape index (κ3) is 5.56. The molecule has 7 heteroatoms. The summed E-state index contributed by atoms with van der Waals surface area (Å²) < 4.78 is 17.9. The topological polar surface area (TPSA) is 71.4 Å². The van der Waals surface area contributed by atoms with Gasteiger partial charge in [-0.1, -0.05) is 6.92 Å². The van der Waals surface area contributed by atoms with E-state index in [4.69, 9.17) is 13.3 Å². The van der Waals surface area contributed by atoms with E-state index in [1.54, 1.807) is 32.6 Å². The molecule has 0 aromatic heterocycles. The van der Waals surface area contributed by atoms with Crippen LogP contribution in [0.3, 0.4) is 0 Å². The van der Waals surface area contributed by atoms with Crippen LogP contribution in [0.1, 0.15) is 61.8 Å². The highest BCUT2D eigenvalue weighted by molar-refractivity contribution is 6.62. The lowest BCUT2D eigenvalue weighted by atomic mass is 10.1. The van der Waals surface area contributed by atoms with E-state index in [0.29, 0.717) is 26.2 Å². The van der Waals surface area contributed by atoms with Gasteiger partial charge in [0.25, 0.3) is 0 Å². The summed E-state index contributed by atoms with van der Waals surface area (Å²) in [6.07, 6.45) is 0.625. The maximum absolute atomic E-state index is 10.6. The molecule has 0 fully saturated rings. The maximum atomic E-state index is 10.6. The van der Waals surface area contributed by atoms with E-state index in [2.05, 4.69) is 0 Å². The molecule has 0 aromatic carbocycles. The second-order valence-corrected chi connectivity index (χ2v) is 8.93. The molecule has 2 N–H and O–H groups in total. The molecule has 0 saturated heterocycles. The molecule has 134 valence electrons. The molecule has 0 amide bonds. The molecule has 22 heavy (non-hydrogen) atoms. The van der Waals surface area contributed by atoms with Crippen LogP contribution in [0, 0.1) is 0 Å². The van der Waals surface area contributed by atoms with Crippen molar-refractivity contribution < 1.29 is 23.5 Å². The first-order valence-corrected chi connectivity index (χ1v) is 9.96. The van der Waals surface area contributed by atoms with Crippen LogP contribution in [0.25, 0.3) is 0 Å². The van der Waals surface area contributed by atoms with Crippen molar-refractivity contribution >= 4 is 8.80 Å². The Labute approximate surface area is 136 Å². The van der Waals surface area contributed by atoms with E-state index >= 15 is 0 Å². The van der Waals surface area contributed by atoms with Crippen LogP contribution in [0.4, 0.5) is 0 Å². The second-order valence-electron chi connectivity index (χ2n) is 6.19. The smallest absolute Gasteiger partial charge is 0.376 e. The quantitative estimate of drug-likeness (QED) is 0.444. The van der Waals surface area contributed by atoms with Gasteiger partial charge in [0.2, 0.25) is 0 Å². The predicted octanol–water partition coefficient (Wildman–Crippen LogP) is 2.11. The van der Waals surface area contributed by atoms with E-state index < -0.39 is 20.3 Å². The number of nitrogens with zero attached hydrogens (tertiary/aromatic N) is 1. The molecule has 0 heterocycles. The molecule has 0 aliphatic carbocycles. The fourth-order valence-corrected chi connectivity index (χ4v) is 6.52. The monoisotopic (exact) mass is 337 g/mol. The predicted molar refractivity (Wildman–Crippen MR) is 89.1 cm³/mol. The summed E-state index contributed by atoms with van der Waals surface area (Å²) in [4.78, 5) is 1.63. The molecule has 1 atom stereocenters.